The Kier molecular flexibility index (Phi) is 4.13. The summed E-state index contributed by atoms with van der Waals surface area (Å²) in [6.07, 6.45) is 2.42. The summed E-state index contributed by atoms with van der Waals surface area (Å²) in [5.74, 6) is 0.601. The van der Waals surface area contributed by atoms with E-state index < -0.39 is 0 Å². The fourth-order valence-corrected chi connectivity index (χ4v) is 2.65. The largest absolute Gasteiger partial charge is 0.397 e. The second-order valence-electron chi connectivity index (χ2n) is 4.61. The fourth-order valence-electron chi connectivity index (χ4n) is 2.47. The first-order chi connectivity index (χ1) is 8.20. The summed E-state index contributed by atoms with van der Waals surface area (Å²) in [6, 6.07) is 5.72. The number of nitrogen functional groups attached to an aromatic ring is 1. The highest BCUT2D eigenvalue weighted by Crippen LogP contribution is 2.30. The Morgan fingerprint density at radius 3 is 3.06 bits per heavy atom. The molecule has 1 saturated heterocycles. The van der Waals surface area contributed by atoms with Gasteiger partial charge in [0.1, 0.15) is 0 Å². The van der Waals surface area contributed by atoms with Crippen LogP contribution < -0.4 is 10.6 Å². The van der Waals surface area contributed by atoms with Gasteiger partial charge in [0.15, 0.2) is 0 Å². The molecular formula is C13H19ClN2O. The Morgan fingerprint density at radius 1 is 1.53 bits per heavy atom. The first-order valence-corrected chi connectivity index (χ1v) is 6.37. The first kappa shape index (κ1) is 12.5. The van der Waals surface area contributed by atoms with Crippen LogP contribution in [-0.4, -0.2) is 26.8 Å². The molecule has 94 valence electrons. The molecule has 0 saturated carbocycles. The molecule has 4 heteroatoms. The lowest BCUT2D eigenvalue weighted by molar-refractivity contribution is 0.143. The third-order valence-corrected chi connectivity index (χ3v) is 3.49. The number of nitrogens with two attached hydrogens (primary N) is 1. The Labute approximate surface area is 107 Å². The quantitative estimate of drug-likeness (QED) is 0.843. The Bertz CT molecular complexity index is 382. The maximum absolute atomic E-state index is 6.01. The van der Waals surface area contributed by atoms with Crippen molar-refractivity contribution in [3.05, 3.63) is 23.2 Å². The van der Waals surface area contributed by atoms with Gasteiger partial charge in [0.05, 0.1) is 18.0 Å². The average molecular weight is 255 g/mol. The van der Waals surface area contributed by atoms with E-state index in [0.717, 1.165) is 31.1 Å². The highest BCUT2D eigenvalue weighted by Gasteiger charge is 2.21. The van der Waals surface area contributed by atoms with Crippen LogP contribution in [0.4, 0.5) is 11.4 Å². The lowest BCUT2D eigenvalue weighted by atomic mass is 9.98. The van der Waals surface area contributed by atoms with E-state index >= 15 is 0 Å². The monoisotopic (exact) mass is 254 g/mol. The number of piperidine rings is 1. The summed E-state index contributed by atoms with van der Waals surface area (Å²) >= 11 is 5.92. The van der Waals surface area contributed by atoms with Gasteiger partial charge in [-0.1, -0.05) is 11.6 Å². The summed E-state index contributed by atoms with van der Waals surface area (Å²) in [6.45, 7) is 2.90. The number of anilines is 2. The molecule has 0 radical (unpaired) electrons. The third kappa shape index (κ3) is 3.05. The number of rotatable bonds is 3. The van der Waals surface area contributed by atoms with Crippen LogP contribution in [0.25, 0.3) is 0 Å². The number of halogens is 1. The van der Waals surface area contributed by atoms with Gasteiger partial charge in [-0.25, -0.2) is 0 Å². The number of methoxy groups -OCH3 is 1. The van der Waals surface area contributed by atoms with Gasteiger partial charge in [-0.15, -0.1) is 0 Å². The SMILES string of the molecule is COCC1CCCN(c2ccc(Cl)cc2N)C1. The van der Waals surface area contributed by atoms with Gasteiger partial charge in [-0.3, -0.25) is 0 Å². The molecule has 2 rings (SSSR count). The number of hydrogen-bond acceptors (Lipinski definition) is 3. The van der Waals surface area contributed by atoms with E-state index in [1.54, 1.807) is 7.11 Å². The normalized spacial score (nSPS) is 20.6. The number of ether oxygens (including phenoxy) is 1. The smallest absolute Gasteiger partial charge is 0.0601 e. The average Bonchev–Trinajstić information content (AvgIpc) is 2.29. The summed E-state index contributed by atoms with van der Waals surface area (Å²) in [7, 11) is 1.76. The van der Waals surface area contributed by atoms with E-state index in [2.05, 4.69) is 4.90 Å². The van der Waals surface area contributed by atoms with Crippen molar-refractivity contribution in [3.63, 3.8) is 0 Å². The Morgan fingerprint density at radius 2 is 2.35 bits per heavy atom. The van der Waals surface area contributed by atoms with Crippen molar-refractivity contribution in [3.8, 4) is 0 Å². The predicted molar refractivity (Wildman–Crippen MR) is 72.7 cm³/mol. The van der Waals surface area contributed by atoms with Gasteiger partial charge in [0, 0.05) is 25.2 Å². The second kappa shape index (κ2) is 5.61. The Balaban J connectivity index is 2.10. The Hall–Kier alpha value is -0.930. The van der Waals surface area contributed by atoms with Crippen LogP contribution >= 0.6 is 11.6 Å². The molecule has 3 nitrogen and oxygen atoms in total. The van der Waals surface area contributed by atoms with Crippen molar-refractivity contribution in [1.82, 2.24) is 0 Å². The van der Waals surface area contributed by atoms with Crippen LogP contribution in [0.2, 0.25) is 5.02 Å². The molecule has 1 unspecified atom stereocenters. The van der Waals surface area contributed by atoms with Crippen LogP contribution in [0.15, 0.2) is 18.2 Å². The predicted octanol–water partition coefficient (Wildman–Crippen LogP) is 2.79. The van der Waals surface area contributed by atoms with Gasteiger partial charge in [-0.2, -0.15) is 0 Å². The van der Waals surface area contributed by atoms with Crippen molar-refractivity contribution in [2.45, 2.75) is 12.8 Å². The van der Waals surface area contributed by atoms with E-state index in [4.69, 9.17) is 22.1 Å². The molecule has 1 aliphatic rings. The van der Waals surface area contributed by atoms with E-state index in [1.807, 2.05) is 18.2 Å². The molecule has 0 aromatic heterocycles. The number of nitrogens with zero attached hydrogens (tertiary/aromatic N) is 1. The van der Waals surface area contributed by atoms with Crippen molar-refractivity contribution >= 4 is 23.0 Å². The zero-order valence-electron chi connectivity index (χ0n) is 10.2. The molecular weight excluding hydrogens is 236 g/mol. The molecule has 1 aromatic carbocycles. The van der Waals surface area contributed by atoms with E-state index in [-0.39, 0.29) is 0 Å². The summed E-state index contributed by atoms with van der Waals surface area (Å²) in [4.78, 5) is 2.33. The lowest BCUT2D eigenvalue weighted by Gasteiger charge is -2.34. The van der Waals surface area contributed by atoms with Crippen LogP contribution in [0.5, 0.6) is 0 Å². The van der Waals surface area contributed by atoms with Crippen LogP contribution in [0, 0.1) is 5.92 Å². The van der Waals surface area contributed by atoms with Crippen molar-refractivity contribution in [2.24, 2.45) is 5.92 Å². The van der Waals surface area contributed by atoms with Gasteiger partial charge in [0.25, 0.3) is 0 Å². The van der Waals surface area contributed by atoms with Crippen LogP contribution in [-0.2, 0) is 4.74 Å². The highest BCUT2D eigenvalue weighted by molar-refractivity contribution is 6.31. The van der Waals surface area contributed by atoms with Crippen molar-refractivity contribution < 1.29 is 4.74 Å². The molecule has 1 fully saturated rings. The number of benzene rings is 1. The van der Waals surface area contributed by atoms with Gasteiger partial charge >= 0.3 is 0 Å². The molecule has 17 heavy (non-hydrogen) atoms. The topological polar surface area (TPSA) is 38.5 Å². The lowest BCUT2D eigenvalue weighted by Crippen LogP contribution is -2.37. The third-order valence-electron chi connectivity index (χ3n) is 3.25. The molecule has 1 heterocycles. The minimum absolute atomic E-state index is 0.601. The van der Waals surface area contributed by atoms with Gasteiger partial charge in [0.2, 0.25) is 0 Å². The molecule has 1 aromatic rings. The van der Waals surface area contributed by atoms with Crippen molar-refractivity contribution in [2.75, 3.05) is 37.4 Å². The maximum atomic E-state index is 6.01. The zero-order valence-corrected chi connectivity index (χ0v) is 10.9. The summed E-state index contributed by atoms with van der Waals surface area (Å²) < 4.78 is 5.24. The van der Waals surface area contributed by atoms with Crippen molar-refractivity contribution in [1.29, 1.82) is 0 Å². The summed E-state index contributed by atoms with van der Waals surface area (Å²) in [5, 5.41) is 0.691. The van der Waals surface area contributed by atoms with E-state index in [9.17, 15) is 0 Å². The second-order valence-corrected chi connectivity index (χ2v) is 5.05. The molecule has 2 N–H and O–H groups in total. The fraction of sp³-hybridized carbons (Fsp3) is 0.538. The molecule has 0 bridgehead atoms. The van der Waals surface area contributed by atoms with Crippen LogP contribution in [0.3, 0.4) is 0 Å². The molecule has 0 aliphatic carbocycles. The zero-order chi connectivity index (χ0) is 12.3. The molecule has 1 aliphatic heterocycles. The first-order valence-electron chi connectivity index (χ1n) is 5.99. The summed E-state index contributed by atoms with van der Waals surface area (Å²) in [5.41, 5.74) is 7.87. The standard InChI is InChI=1S/C13H19ClN2O/c1-17-9-10-3-2-6-16(8-10)13-5-4-11(14)7-12(13)15/h4-5,7,10H,2-3,6,8-9,15H2,1H3. The highest BCUT2D eigenvalue weighted by atomic mass is 35.5. The van der Waals surface area contributed by atoms with Gasteiger partial charge < -0.3 is 15.4 Å². The number of hydrogen-bond donors (Lipinski definition) is 1. The minimum Gasteiger partial charge on any atom is -0.397 e. The minimum atomic E-state index is 0.601. The van der Waals surface area contributed by atoms with Crippen LogP contribution in [0.1, 0.15) is 12.8 Å². The molecule has 1 atom stereocenters. The molecule has 0 amide bonds. The van der Waals surface area contributed by atoms with E-state index in [0.29, 0.717) is 10.9 Å². The maximum Gasteiger partial charge on any atom is 0.0601 e. The molecule has 0 spiro atoms. The van der Waals surface area contributed by atoms with E-state index in [1.165, 1.54) is 12.8 Å². The van der Waals surface area contributed by atoms with Gasteiger partial charge in [-0.05, 0) is 37.0 Å².